The molecule has 2 heterocycles. The van der Waals surface area contributed by atoms with Gasteiger partial charge in [-0.25, -0.2) is 4.79 Å². The van der Waals surface area contributed by atoms with Gasteiger partial charge < -0.3 is 33.9 Å². The Morgan fingerprint density at radius 2 is 1.77 bits per heavy atom. The lowest BCUT2D eigenvalue weighted by Gasteiger charge is -2.55. The molecular formula is C28H38O11. The number of carbonyl (C=O) groups is 4. The van der Waals surface area contributed by atoms with Crippen molar-refractivity contribution in [3.05, 3.63) is 23.8 Å². The normalized spacial score (nSPS) is 44.4. The van der Waals surface area contributed by atoms with Crippen LogP contribution in [0.3, 0.4) is 0 Å². The highest BCUT2D eigenvalue weighted by molar-refractivity contribution is 5.89. The average Bonchev–Trinajstić information content (AvgIpc) is 3.41. The second-order valence-corrected chi connectivity index (χ2v) is 11.5. The third-order valence-corrected chi connectivity index (χ3v) is 8.75. The van der Waals surface area contributed by atoms with E-state index in [2.05, 4.69) is 6.58 Å². The summed E-state index contributed by atoms with van der Waals surface area (Å²) in [4.78, 5) is 50.4. The van der Waals surface area contributed by atoms with E-state index in [0.717, 1.165) is 0 Å². The number of aliphatic hydroxyl groups excluding tert-OH is 2. The Hall–Kier alpha value is -2.76. The third-order valence-electron chi connectivity index (χ3n) is 8.75. The van der Waals surface area contributed by atoms with Crippen LogP contribution in [0.1, 0.15) is 67.2 Å². The molecule has 39 heavy (non-hydrogen) atoms. The Morgan fingerprint density at radius 3 is 2.33 bits per heavy atom. The minimum absolute atomic E-state index is 0.0682. The number of carbonyl (C=O) groups excluding carboxylic acids is 4. The van der Waals surface area contributed by atoms with E-state index < -0.39 is 83.0 Å². The highest BCUT2D eigenvalue weighted by Crippen LogP contribution is 2.64. The molecule has 0 bridgehead atoms. The van der Waals surface area contributed by atoms with Gasteiger partial charge in [0, 0.05) is 39.0 Å². The molecule has 10 atom stereocenters. The van der Waals surface area contributed by atoms with Crippen LogP contribution in [-0.4, -0.2) is 81.9 Å². The molecule has 2 aliphatic heterocycles. The van der Waals surface area contributed by atoms with Gasteiger partial charge in [-0.1, -0.05) is 26.0 Å². The lowest BCUT2D eigenvalue weighted by molar-refractivity contribution is -0.220. The maximum atomic E-state index is 13.0. The molecule has 0 aromatic carbocycles. The lowest BCUT2D eigenvalue weighted by Crippen LogP contribution is -2.66. The molecule has 4 aliphatic rings. The summed E-state index contributed by atoms with van der Waals surface area (Å²) in [5.41, 5.74) is -3.69. The SMILES string of the molecule is C=C1[C@H](O)C[C@@H](OC(C)=O)[C@@]2(C)[C@H](OC(=O)CCC)[C@@H](OC(C)=O)C/C(C)=C\[C@H]3OC(=O)[C@@]4(C)O[C@@]34[C@H](O)[C@H]12. The van der Waals surface area contributed by atoms with Gasteiger partial charge in [0.1, 0.15) is 18.3 Å². The van der Waals surface area contributed by atoms with Crippen LogP contribution < -0.4 is 0 Å². The van der Waals surface area contributed by atoms with Crippen molar-refractivity contribution >= 4 is 23.9 Å². The van der Waals surface area contributed by atoms with Gasteiger partial charge >= 0.3 is 23.9 Å². The molecular weight excluding hydrogens is 512 g/mol. The number of fused-ring (bicyclic) bond motifs is 1. The summed E-state index contributed by atoms with van der Waals surface area (Å²) >= 11 is 0. The van der Waals surface area contributed by atoms with Crippen molar-refractivity contribution in [1.29, 1.82) is 0 Å². The summed E-state index contributed by atoms with van der Waals surface area (Å²) in [6.45, 7) is 13.2. The summed E-state index contributed by atoms with van der Waals surface area (Å²) in [6.07, 6.45) is -4.99. The quantitative estimate of drug-likeness (QED) is 0.222. The van der Waals surface area contributed by atoms with E-state index in [-0.39, 0.29) is 24.8 Å². The van der Waals surface area contributed by atoms with Gasteiger partial charge in [0.25, 0.3) is 0 Å². The van der Waals surface area contributed by atoms with Gasteiger partial charge in [-0.2, -0.15) is 0 Å². The van der Waals surface area contributed by atoms with Crippen LogP contribution in [0.25, 0.3) is 0 Å². The molecule has 0 aromatic heterocycles. The van der Waals surface area contributed by atoms with Crippen molar-refractivity contribution < 1.29 is 53.1 Å². The summed E-state index contributed by atoms with van der Waals surface area (Å²) in [5.74, 6) is -3.67. The third kappa shape index (κ3) is 4.48. The Kier molecular flexibility index (Phi) is 7.50. The molecule has 1 saturated carbocycles. The summed E-state index contributed by atoms with van der Waals surface area (Å²) < 4.78 is 29.1. The maximum Gasteiger partial charge on any atom is 0.342 e. The smallest absolute Gasteiger partial charge is 0.342 e. The first-order valence-electron chi connectivity index (χ1n) is 13.3. The van der Waals surface area contributed by atoms with Gasteiger partial charge in [-0.05, 0) is 31.9 Å². The minimum atomic E-state index is -1.54. The van der Waals surface area contributed by atoms with Gasteiger partial charge in [0.15, 0.2) is 17.3 Å². The van der Waals surface area contributed by atoms with E-state index >= 15 is 0 Å². The Labute approximate surface area is 227 Å². The van der Waals surface area contributed by atoms with E-state index in [1.807, 2.05) is 6.92 Å². The van der Waals surface area contributed by atoms with Crippen molar-refractivity contribution in [2.24, 2.45) is 11.3 Å². The predicted molar refractivity (Wildman–Crippen MR) is 134 cm³/mol. The average molecular weight is 551 g/mol. The molecule has 0 radical (unpaired) electrons. The summed E-state index contributed by atoms with van der Waals surface area (Å²) in [6, 6.07) is 0. The first-order chi connectivity index (χ1) is 18.1. The number of esters is 4. The molecule has 0 amide bonds. The Bertz CT molecular complexity index is 1110. The number of rotatable bonds is 5. The molecule has 216 valence electrons. The first-order valence-corrected chi connectivity index (χ1v) is 13.3. The zero-order chi connectivity index (χ0) is 29.1. The minimum Gasteiger partial charge on any atom is -0.462 e. The molecule has 0 aromatic rings. The molecule has 4 rings (SSSR count). The topological polar surface area (TPSA) is 158 Å². The molecule has 2 N–H and O–H groups in total. The highest BCUT2D eigenvalue weighted by atomic mass is 16.7. The van der Waals surface area contributed by atoms with Gasteiger partial charge in [0.05, 0.1) is 17.6 Å². The van der Waals surface area contributed by atoms with Gasteiger partial charge in [0.2, 0.25) is 0 Å². The zero-order valence-electron chi connectivity index (χ0n) is 23.2. The molecule has 11 heteroatoms. The van der Waals surface area contributed by atoms with E-state index in [4.69, 9.17) is 23.7 Å². The van der Waals surface area contributed by atoms with E-state index in [0.29, 0.717) is 12.0 Å². The number of aliphatic hydroxyl groups is 2. The van der Waals surface area contributed by atoms with Crippen LogP contribution in [0, 0.1) is 11.3 Å². The van der Waals surface area contributed by atoms with Crippen LogP contribution in [0.5, 0.6) is 0 Å². The Balaban J connectivity index is 1.99. The molecule has 2 aliphatic carbocycles. The monoisotopic (exact) mass is 550 g/mol. The number of hydrogen-bond acceptors (Lipinski definition) is 11. The van der Waals surface area contributed by atoms with E-state index in [1.54, 1.807) is 19.9 Å². The lowest BCUT2D eigenvalue weighted by atomic mass is 9.54. The predicted octanol–water partition coefficient (Wildman–Crippen LogP) is 1.67. The summed E-state index contributed by atoms with van der Waals surface area (Å²) in [5, 5.41) is 23.2. The fourth-order valence-electron chi connectivity index (χ4n) is 6.84. The van der Waals surface area contributed by atoms with Crippen molar-refractivity contribution in [3.8, 4) is 0 Å². The fraction of sp³-hybridized carbons (Fsp3) is 0.714. The molecule has 0 unspecified atom stereocenters. The van der Waals surface area contributed by atoms with Crippen molar-refractivity contribution in [2.75, 3.05) is 0 Å². The van der Waals surface area contributed by atoms with Crippen LogP contribution in [0.4, 0.5) is 0 Å². The highest BCUT2D eigenvalue weighted by Gasteiger charge is 2.86. The zero-order valence-corrected chi connectivity index (χ0v) is 23.2. The maximum absolute atomic E-state index is 13.0. The van der Waals surface area contributed by atoms with Crippen LogP contribution in [0.15, 0.2) is 23.8 Å². The van der Waals surface area contributed by atoms with Crippen molar-refractivity contribution in [1.82, 2.24) is 0 Å². The second-order valence-electron chi connectivity index (χ2n) is 11.5. The summed E-state index contributed by atoms with van der Waals surface area (Å²) in [7, 11) is 0. The molecule has 2 saturated heterocycles. The number of ether oxygens (including phenoxy) is 5. The largest absolute Gasteiger partial charge is 0.462 e. The molecule has 11 nitrogen and oxygen atoms in total. The van der Waals surface area contributed by atoms with Crippen molar-refractivity contribution in [3.63, 3.8) is 0 Å². The van der Waals surface area contributed by atoms with Crippen LogP contribution in [-0.2, 0) is 42.9 Å². The standard InChI is InChI=1S/C28H38O11/c1-8-9-21(32)38-24-18(35-15(4)29)10-13(2)11-20-28(27(7,39-28)25(34)37-20)23(33)22-14(3)17(31)12-19(26(22,24)6)36-16(5)30/h11,17-20,22-24,31,33H,3,8-10,12H2,1-2,4-7H3/b13-11-/t17-,18+,19-,20-,22+,23-,24-,26-,27-,28-/m1/s1. The molecule has 1 spiro atoms. The second kappa shape index (κ2) is 10.0. The van der Waals surface area contributed by atoms with Gasteiger partial charge in [-0.15, -0.1) is 0 Å². The van der Waals surface area contributed by atoms with E-state index in [1.165, 1.54) is 20.8 Å². The van der Waals surface area contributed by atoms with Crippen LogP contribution >= 0.6 is 0 Å². The van der Waals surface area contributed by atoms with Gasteiger partial charge in [-0.3, -0.25) is 14.4 Å². The molecule has 3 fully saturated rings. The fourth-order valence-corrected chi connectivity index (χ4v) is 6.84. The van der Waals surface area contributed by atoms with Crippen molar-refractivity contribution in [2.45, 2.75) is 115 Å². The number of epoxide rings is 1. The van der Waals surface area contributed by atoms with E-state index in [9.17, 15) is 29.4 Å². The number of hydrogen-bond donors (Lipinski definition) is 2. The van der Waals surface area contributed by atoms with Crippen LogP contribution in [0.2, 0.25) is 0 Å². The first kappa shape index (κ1) is 29.2. The Morgan fingerprint density at radius 1 is 1.13 bits per heavy atom.